The van der Waals surface area contributed by atoms with Crippen LogP contribution in [0.2, 0.25) is 0 Å². The maximum Gasteiger partial charge on any atom is 0.415 e. The van der Waals surface area contributed by atoms with Crippen molar-refractivity contribution in [2.75, 3.05) is 25.6 Å². The minimum atomic E-state index is -0.380. The number of amides is 1. The summed E-state index contributed by atoms with van der Waals surface area (Å²) in [5, 5.41) is 6.48. The van der Waals surface area contributed by atoms with Gasteiger partial charge in [0.15, 0.2) is 0 Å². The van der Waals surface area contributed by atoms with Crippen LogP contribution in [0.3, 0.4) is 0 Å². The second kappa shape index (κ2) is 6.16. The summed E-state index contributed by atoms with van der Waals surface area (Å²) in [6.45, 7) is 4.95. The molecule has 0 radical (unpaired) electrons. The van der Waals surface area contributed by atoms with E-state index in [1.807, 2.05) is 35.3 Å². The molecule has 114 valence electrons. The van der Waals surface area contributed by atoms with Crippen molar-refractivity contribution >= 4 is 17.7 Å². The van der Waals surface area contributed by atoms with Gasteiger partial charge in [-0.3, -0.25) is 5.01 Å². The maximum atomic E-state index is 11.9. The molecule has 1 aliphatic heterocycles. The zero-order chi connectivity index (χ0) is 15.5. The topological polar surface area (TPSA) is 45.1 Å². The number of hydrogen-bond acceptors (Lipinski definition) is 4. The van der Waals surface area contributed by atoms with Crippen molar-refractivity contribution in [3.8, 4) is 0 Å². The summed E-state index contributed by atoms with van der Waals surface area (Å²) in [5.74, 6) is 0.523. The van der Waals surface area contributed by atoms with Gasteiger partial charge in [0.25, 0.3) is 0 Å². The minimum absolute atomic E-state index is 0.207. The first-order chi connectivity index (χ1) is 10.0. The van der Waals surface area contributed by atoms with Crippen LogP contribution in [0.5, 0.6) is 0 Å². The summed E-state index contributed by atoms with van der Waals surface area (Å²) in [4.78, 5) is 13.3. The lowest BCUT2D eigenvalue weighted by atomic mass is 9.82. The predicted molar refractivity (Wildman–Crippen MR) is 84.4 cm³/mol. The molecular formula is C16H23N3O2. The Morgan fingerprint density at radius 1 is 1.29 bits per heavy atom. The summed E-state index contributed by atoms with van der Waals surface area (Å²) in [7, 11) is 3.35. The second-order valence-electron chi connectivity index (χ2n) is 5.55. The van der Waals surface area contributed by atoms with E-state index in [0.29, 0.717) is 5.90 Å². The molecule has 1 amide bonds. The van der Waals surface area contributed by atoms with Crippen LogP contribution < -0.4 is 5.01 Å². The largest absolute Gasteiger partial charge is 0.415 e. The summed E-state index contributed by atoms with van der Waals surface area (Å²) in [6, 6.07) is 9.96. The predicted octanol–water partition coefficient (Wildman–Crippen LogP) is 3.32. The van der Waals surface area contributed by atoms with E-state index in [1.54, 1.807) is 14.1 Å². The zero-order valence-electron chi connectivity index (χ0n) is 13.2. The molecule has 0 saturated heterocycles. The number of hydrazone groups is 1. The molecule has 0 bridgehead atoms. The van der Waals surface area contributed by atoms with Crippen molar-refractivity contribution in [3.05, 3.63) is 30.3 Å². The molecule has 0 N–H and O–H groups in total. The van der Waals surface area contributed by atoms with Gasteiger partial charge in [-0.05, 0) is 25.0 Å². The fourth-order valence-corrected chi connectivity index (χ4v) is 2.43. The SMILES string of the molecule is CCC1(CC)CN(c2ccccc2)N=C1OC(=O)N(C)C. The standard InChI is InChI=1S/C16H23N3O2/c1-5-16(6-2)12-19(13-10-8-7-9-11-13)17-14(16)21-15(20)18(3)4/h7-11H,5-6,12H2,1-4H3. The number of rotatable bonds is 3. The molecule has 1 heterocycles. The van der Waals surface area contributed by atoms with Gasteiger partial charge < -0.3 is 9.64 Å². The molecule has 0 unspecified atom stereocenters. The normalized spacial score (nSPS) is 16.6. The van der Waals surface area contributed by atoms with E-state index in [-0.39, 0.29) is 11.5 Å². The lowest BCUT2D eigenvalue weighted by molar-refractivity contribution is 0.160. The van der Waals surface area contributed by atoms with Gasteiger partial charge in [0.1, 0.15) is 0 Å². The van der Waals surface area contributed by atoms with Crippen LogP contribution in [0.4, 0.5) is 10.5 Å². The highest BCUT2D eigenvalue weighted by molar-refractivity contribution is 5.94. The summed E-state index contributed by atoms with van der Waals surface area (Å²) in [6.07, 6.45) is 1.38. The van der Waals surface area contributed by atoms with Crippen LogP contribution in [0, 0.1) is 5.41 Å². The molecule has 0 aliphatic carbocycles. The van der Waals surface area contributed by atoms with Gasteiger partial charge in [-0.2, -0.15) is 0 Å². The van der Waals surface area contributed by atoms with Gasteiger partial charge in [0, 0.05) is 14.1 Å². The number of para-hydroxylation sites is 1. The molecule has 2 rings (SSSR count). The van der Waals surface area contributed by atoms with E-state index in [4.69, 9.17) is 4.74 Å². The number of anilines is 1. The lowest BCUT2D eigenvalue weighted by Crippen LogP contribution is -2.37. The first-order valence-electron chi connectivity index (χ1n) is 7.33. The highest BCUT2D eigenvalue weighted by atomic mass is 16.6. The number of benzene rings is 1. The third kappa shape index (κ3) is 3.01. The summed E-state index contributed by atoms with van der Waals surface area (Å²) in [5.41, 5.74) is 0.807. The quantitative estimate of drug-likeness (QED) is 0.857. The Labute approximate surface area is 126 Å². The van der Waals surface area contributed by atoms with Crippen LogP contribution in [-0.4, -0.2) is 37.5 Å². The van der Waals surface area contributed by atoms with E-state index in [9.17, 15) is 4.79 Å². The average Bonchev–Trinajstić information content (AvgIpc) is 2.87. The van der Waals surface area contributed by atoms with E-state index in [0.717, 1.165) is 25.1 Å². The van der Waals surface area contributed by atoms with Gasteiger partial charge in [-0.25, -0.2) is 4.79 Å². The third-order valence-electron chi connectivity index (χ3n) is 4.07. The van der Waals surface area contributed by atoms with Crippen LogP contribution in [0.1, 0.15) is 26.7 Å². The van der Waals surface area contributed by atoms with Crippen molar-refractivity contribution < 1.29 is 9.53 Å². The van der Waals surface area contributed by atoms with Crippen LogP contribution in [0.25, 0.3) is 0 Å². The average molecular weight is 289 g/mol. The molecule has 0 aromatic heterocycles. The molecule has 1 aromatic rings. The Hall–Kier alpha value is -2.04. The van der Waals surface area contributed by atoms with Gasteiger partial charge in [0.2, 0.25) is 5.90 Å². The monoisotopic (exact) mass is 289 g/mol. The number of carbonyl (C=O) groups is 1. The van der Waals surface area contributed by atoms with Gasteiger partial charge in [-0.15, -0.1) is 5.10 Å². The number of nitrogens with zero attached hydrogens (tertiary/aromatic N) is 3. The first kappa shape index (κ1) is 15.4. The molecule has 5 nitrogen and oxygen atoms in total. The van der Waals surface area contributed by atoms with Crippen molar-refractivity contribution in [3.63, 3.8) is 0 Å². The highest BCUT2D eigenvalue weighted by Gasteiger charge is 2.43. The molecule has 5 heteroatoms. The maximum absolute atomic E-state index is 11.9. The van der Waals surface area contributed by atoms with Gasteiger partial charge >= 0.3 is 6.09 Å². The fourth-order valence-electron chi connectivity index (χ4n) is 2.43. The smallest absolute Gasteiger partial charge is 0.393 e. The lowest BCUT2D eigenvalue weighted by Gasteiger charge is -2.27. The van der Waals surface area contributed by atoms with Gasteiger partial charge in [-0.1, -0.05) is 32.0 Å². The van der Waals surface area contributed by atoms with Crippen molar-refractivity contribution in [2.24, 2.45) is 10.5 Å². The molecule has 1 aromatic carbocycles. The van der Waals surface area contributed by atoms with Crippen LogP contribution >= 0.6 is 0 Å². The van der Waals surface area contributed by atoms with Crippen LogP contribution in [-0.2, 0) is 4.74 Å². The first-order valence-corrected chi connectivity index (χ1v) is 7.33. The molecule has 0 spiro atoms. The number of hydrogen-bond donors (Lipinski definition) is 0. The van der Waals surface area contributed by atoms with E-state index < -0.39 is 0 Å². The van der Waals surface area contributed by atoms with Crippen LogP contribution in [0.15, 0.2) is 35.4 Å². The van der Waals surface area contributed by atoms with Crippen molar-refractivity contribution in [1.29, 1.82) is 0 Å². The van der Waals surface area contributed by atoms with E-state index >= 15 is 0 Å². The highest BCUT2D eigenvalue weighted by Crippen LogP contribution is 2.37. The molecule has 0 saturated carbocycles. The Morgan fingerprint density at radius 3 is 2.43 bits per heavy atom. The summed E-state index contributed by atoms with van der Waals surface area (Å²) < 4.78 is 5.52. The Kier molecular flexibility index (Phi) is 4.50. The third-order valence-corrected chi connectivity index (χ3v) is 4.07. The second-order valence-corrected chi connectivity index (χ2v) is 5.55. The fraction of sp³-hybridized carbons (Fsp3) is 0.500. The Bertz CT molecular complexity index is 522. The van der Waals surface area contributed by atoms with Crippen molar-refractivity contribution in [1.82, 2.24) is 4.90 Å². The van der Waals surface area contributed by atoms with Gasteiger partial charge in [0.05, 0.1) is 17.6 Å². The summed E-state index contributed by atoms with van der Waals surface area (Å²) >= 11 is 0. The van der Waals surface area contributed by atoms with E-state index in [2.05, 4.69) is 18.9 Å². The number of ether oxygens (including phenoxy) is 1. The molecule has 1 aliphatic rings. The zero-order valence-corrected chi connectivity index (χ0v) is 13.2. The molecule has 0 atom stereocenters. The number of carbonyl (C=O) groups excluding carboxylic acids is 1. The van der Waals surface area contributed by atoms with E-state index in [1.165, 1.54) is 4.90 Å². The van der Waals surface area contributed by atoms with Crippen molar-refractivity contribution in [2.45, 2.75) is 26.7 Å². The Balaban J connectivity index is 2.29. The molecule has 0 fully saturated rings. The Morgan fingerprint density at radius 2 is 1.90 bits per heavy atom. The molecule has 21 heavy (non-hydrogen) atoms. The molecular weight excluding hydrogens is 266 g/mol. The minimum Gasteiger partial charge on any atom is -0.393 e.